The lowest BCUT2D eigenvalue weighted by Crippen LogP contribution is -2.29. The first kappa shape index (κ1) is 16.3. The number of hydrogen-bond acceptors (Lipinski definition) is 4. The van der Waals surface area contributed by atoms with Crippen molar-refractivity contribution in [1.82, 2.24) is 0 Å². The minimum Gasteiger partial charge on any atom is -0.266 e. The summed E-state index contributed by atoms with van der Waals surface area (Å²) in [5.41, 5.74) is 1.08. The van der Waals surface area contributed by atoms with Crippen molar-refractivity contribution >= 4 is 37.3 Å². The zero-order valence-corrected chi connectivity index (χ0v) is 14.2. The molecule has 0 saturated carbocycles. The highest BCUT2D eigenvalue weighted by atomic mass is 35.5. The van der Waals surface area contributed by atoms with Crippen molar-refractivity contribution in [2.75, 3.05) is 10.8 Å². The van der Waals surface area contributed by atoms with Crippen LogP contribution in [0.15, 0.2) is 52.3 Å². The van der Waals surface area contributed by atoms with Gasteiger partial charge in [-0.1, -0.05) is 17.7 Å². The van der Waals surface area contributed by atoms with Gasteiger partial charge < -0.3 is 0 Å². The largest absolute Gasteiger partial charge is 0.266 e. The van der Waals surface area contributed by atoms with Crippen LogP contribution < -0.4 is 9.44 Å². The van der Waals surface area contributed by atoms with Crippen LogP contribution in [0.25, 0.3) is 0 Å². The third-order valence-electron chi connectivity index (χ3n) is 3.62. The maximum atomic E-state index is 12.8. The first-order chi connectivity index (χ1) is 10.7. The molecule has 0 aromatic heterocycles. The molecule has 0 amide bonds. The molecule has 122 valence electrons. The maximum Gasteiger partial charge on any atom is 0.264 e. The molecule has 23 heavy (non-hydrogen) atoms. The molecule has 0 bridgehead atoms. The molecule has 1 aliphatic heterocycles. The number of fused-ring (bicyclic) bond motifs is 1. The van der Waals surface area contributed by atoms with Gasteiger partial charge >= 0.3 is 0 Å². The molecule has 0 saturated heterocycles. The Hall–Kier alpha value is -1.61. The Bertz CT molecular complexity index is 988. The number of nitrogens with two attached hydrogens (primary N) is 1. The first-order valence-corrected chi connectivity index (χ1v) is 10.00. The highest BCUT2D eigenvalue weighted by Gasteiger charge is 2.31. The molecule has 0 spiro atoms. The number of primary sulfonamides is 1. The normalized spacial score (nSPS) is 14.8. The van der Waals surface area contributed by atoms with Crippen molar-refractivity contribution in [3.63, 3.8) is 0 Å². The zero-order chi connectivity index (χ0) is 16.8. The minimum atomic E-state index is -3.82. The van der Waals surface area contributed by atoms with Crippen molar-refractivity contribution in [3.05, 3.63) is 53.1 Å². The molecular weight excluding hydrogens is 360 g/mol. The van der Waals surface area contributed by atoms with Crippen LogP contribution in [0.1, 0.15) is 5.56 Å². The molecule has 9 heteroatoms. The summed E-state index contributed by atoms with van der Waals surface area (Å²) in [6.07, 6.45) is 0.415. The van der Waals surface area contributed by atoms with Gasteiger partial charge in [-0.15, -0.1) is 0 Å². The van der Waals surface area contributed by atoms with Crippen LogP contribution in [0.4, 0.5) is 5.69 Å². The van der Waals surface area contributed by atoms with Gasteiger partial charge in [0.1, 0.15) is 0 Å². The summed E-state index contributed by atoms with van der Waals surface area (Å²) in [5.74, 6) is 0. The quantitative estimate of drug-likeness (QED) is 0.887. The average molecular weight is 373 g/mol. The van der Waals surface area contributed by atoms with Crippen LogP contribution in [0.5, 0.6) is 0 Å². The highest BCUT2D eigenvalue weighted by molar-refractivity contribution is 7.92. The van der Waals surface area contributed by atoms with Gasteiger partial charge in [-0.3, -0.25) is 4.31 Å². The molecule has 0 radical (unpaired) electrons. The van der Waals surface area contributed by atoms with Gasteiger partial charge in [0.2, 0.25) is 10.0 Å². The summed E-state index contributed by atoms with van der Waals surface area (Å²) in [6, 6.07) is 10.2. The number of halogens is 1. The fourth-order valence-electron chi connectivity index (χ4n) is 2.53. The summed E-state index contributed by atoms with van der Waals surface area (Å²) in [5, 5.41) is 5.43. The lowest BCUT2D eigenvalue weighted by Gasteiger charge is -2.19. The summed E-state index contributed by atoms with van der Waals surface area (Å²) in [6.45, 7) is 0.234. The van der Waals surface area contributed by atoms with E-state index in [0.717, 1.165) is 0 Å². The van der Waals surface area contributed by atoms with E-state index in [9.17, 15) is 16.8 Å². The second-order valence-electron chi connectivity index (χ2n) is 5.12. The van der Waals surface area contributed by atoms with Gasteiger partial charge in [-0.25, -0.2) is 22.0 Å². The number of nitrogens with zero attached hydrogens (tertiary/aromatic N) is 1. The second-order valence-corrected chi connectivity index (χ2v) is 8.98. The number of hydrogen-bond donors (Lipinski definition) is 1. The van der Waals surface area contributed by atoms with Gasteiger partial charge in [0.05, 0.1) is 15.5 Å². The van der Waals surface area contributed by atoms with Crippen molar-refractivity contribution in [2.45, 2.75) is 16.2 Å². The van der Waals surface area contributed by atoms with E-state index in [-0.39, 0.29) is 16.3 Å². The Labute approximate surface area is 139 Å². The van der Waals surface area contributed by atoms with E-state index in [1.165, 1.54) is 34.6 Å². The van der Waals surface area contributed by atoms with Crippen LogP contribution >= 0.6 is 11.6 Å². The fraction of sp³-hybridized carbons (Fsp3) is 0.143. The number of benzene rings is 2. The molecule has 0 unspecified atom stereocenters. The molecule has 2 aromatic rings. The van der Waals surface area contributed by atoms with Crippen LogP contribution in [-0.4, -0.2) is 23.4 Å². The number of sulfonamides is 2. The van der Waals surface area contributed by atoms with Gasteiger partial charge in [0, 0.05) is 11.6 Å². The van der Waals surface area contributed by atoms with Crippen LogP contribution in [0.3, 0.4) is 0 Å². The highest BCUT2D eigenvalue weighted by Crippen LogP contribution is 2.34. The van der Waals surface area contributed by atoms with E-state index in [1.54, 1.807) is 12.1 Å². The Morgan fingerprint density at radius 2 is 1.74 bits per heavy atom. The molecule has 6 nitrogen and oxygen atoms in total. The monoisotopic (exact) mass is 372 g/mol. The van der Waals surface area contributed by atoms with Crippen LogP contribution in [0.2, 0.25) is 5.02 Å². The predicted molar refractivity (Wildman–Crippen MR) is 87.5 cm³/mol. The lowest BCUT2D eigenvalue weighted by molar-refractivity contribution is 0.592. The third-order valence-corrected chi connectivity index (χ3v) is 6.57. The molecule has 1 heterocycles. The molecule has 0 aliphatic carbocycles. The Morgan fingerprint density at radius 1 is 1.00 bits per heavy atom. The SMILES string of the molecule is NS(=O)(=O)c1ccc2c(c1)CCN2S(=O)(=O)c1cccc(Cl)c1. The van der Waals surface area contributed by atoms with Gasteiger partial charge in [-0.2, -0.15) is 0 Å². The van der Waals surface area contributed by atoms with Gasteiger partial charge in [0.25, 0.3) is 10.0 Å². The molecule has 2 N–H and O–H groups in total. The van der Waals surface area contributed by atoms with E-state index >= 15 is 0 Å². The average Bonchev–Trinajstić information content (AvgIpc) is 2.90. The molecule has 2 aromatic carbocycles. The summed E-state index contributed by atoms with van der Waals surface area (Å²) < 4.78 is 49.6. The van der Waals surface area contributed by atoms with Crippen LogP contribution in [-0.2, 0) is 26.5 Å². The molecule has 0 fully saturated rings. The van der Waals surface area contributed by atoms with Crippen molar-refractivity contribution in [1.29, 1.82) is 0 Å². The van der Waals surface area contributed by atoms with E-state index in [4.69, 9.17) is 16.7 Å². The van der Waals surface area contributed by atoms with E-state index < -0.39 is 20.0 Å². The fourth-order valence-corrected chi connectivity index (χ4v) is 4.90. The van der Waals surface area contributed by atoms with E-state index in [1.807, 2.05) is 0 Å². The first-order valence-electron chi connectivity index (χ1n) is 6.63. The van der Waals surface area contributed by atoms with Crippen molar-refractivity contribution in [3.8, 4) is 0 Å². The molecular formula is C14H13ClN2O4S2. The summed E-state index contributed by atoms with van der Waals surface area (Å²) in [4.78, 5) is 0.0617. The molecule has 3 rings (SSSR count). The maximum absolute atomic E-state index is 12.8. The van der Waals surface area contributed by atoms with Crippen molar-refractivity contribution in [2.24, 2.45) is 5.14 Å². The zero-order valence-electron chi connectivity index (χ0n) is 11.8. The third kappa shape index (κ3) is 2.94. The van der Waals surface area contributed by atoms with E-state index in [2.05, 4.69) is 0 Å². The number of anilines is 1. The Kier molecular flexibility index (Phi) is 3.88. The van der Waals surface area contributed by atoms with Gasteiger partial charge in [-0.05, 0) is 48.4 Å². The predicted octanol–water partition coefficient (Wildman–Crippen LogP) is 1.74. The van der Waals surface area contributed by atoms with Gasteiger partial charge in [0.15, 0.2) is 0 Å². The lowest BCUT2D eigenvalue weighted by atomic mass is 10.2. The summed E-state index contributed by atoms with van der Waals surface area (Å²) in [7, 11) is -7.58. The smallest absolute Gasteiger partial charge is 0.264 e. The van der Waals surface area contributed by atoms with Crippen molar-refractivity contribution < 1.29 is 16.8 Å². The van der Waals surface area contributed by atoms with Crippen LogP contribution in [0, 0.1) is 0 Å². The Balaban J connectivity index is 2.06. The minimum absolute atomic E-state index is 0.0294. The summed E-state index contributed by atoms with van der Waals surface area (Å²) >= 11 is 5.87. The number of rotatable bonds is 3. The second kappa shape index (κ2) is 5.48. The molecule has 1 aliphatic rings. The standard InChI is InChI=1S/C14H13ClN2O4S2/c15-11-2-1-3-13(9-11)23(20,21)17-7-6-10-8-12(22(16,18)19)4-5-14(10)17/h1-5,8-9H,6-7H2,(H2,16,18,19). The van der Waals surface area contributed by atoms with E-state index in [0.29, 0.717) is 22.7 Å². The Morgan fingerprint density at radius 3 is 2.39 bits per heavy atom. The molecule has 0 atom stereocenters. The topological polar surface area (TPSA) is 97.5 Å².